The number of hydrogen-bond donors (Lipinski definition) is 2. The van der Waals surface area contributed by atoms with E-state index in [0.29, 0.717) is 6.42 Å². The van der Waals surface area contributed by atoms with Crippen LogP contribution in [0.25, 0.3) is 0 Å². The summed E-state index contributed by atoms with van der Waals surface area (Å²) in [5.41, 5.74) is 0.928. The van der Waals surface area contributed by atoms with Crippen molar-refractivity contribution in [1.29, 1.82) is 0 Å². The number of anilines is 1. The molecule has 2 aromatic rings. The first-order chi connectivity index (χ1) is 9.47. The summed E-state index contributed by atoms with van der Waals surface area (Å²) in [4.78, 5) is 14.6. The molecule has 7 nitrogen and oxygen atoms in total. The number of aryl methyl sites for hydroxylation is 1. The lowest BCUT2D eigenvalue weighted by molar-refractivity contribution is -0.114. The Morgan fingerprint density at radius 3 is 2.65 bits per heavy atom. The minimum absolute atomic E-state index is 0.0456. The highest BCUT2D eigenvalue weighted by Crippen LogP contribution is 2.10. The van der Waals surface area contributed by atoms with E-state index in [1.807, 2.05) is 30.3 Å². The molecule has 0 aliphatic heterocycles. The predicted octanol–water partition coefficient (Wildman–Crippen LogP) is 0.779. The fourth-order valence-electron chi connectivity index (χ4n) is 1.59. The standard InChI is InChI=1S/C12H14N4O3S/c1-9(17)13-11-14-12(16-15-11)20(18,19)8-7-10-5-3-2-4-6-10/h2-6H,7-8H2,1H3,(H2,13,14,15,16,17). The van der Waals surface area contributed by atoms with Crippen molar-refractivity contribution in [2.45, 2.75) is 18.5 Å². The molecule has 1 aromatic carbocycles. The molecule has 8 heteroatoms. The molecular weight excluding hydrogens is 280 g/mol. The van der Waals surface area contributed by atoms with Crippen molar-refractivity contribution in [3.05, 3.63) is 35.9 Å². The third kappa shape index (κ3) is 3.64. The van der Waals surface area contributed by atoms with Crippen molar-refractivity contribution in [1.82, 2.24) is 15.2 Å². The molecule has 0 spiro atoms. The SMILES string of the molecule is CC(=O)Nc1n[nH]c(S(=O)(=O)CCc2ccccc2)n1. The van der Waals surface area contributed by atoms with Gasteiger partial charge in [0.2, 0.25) is 26.8 Å². The number of benzene rings is 1. The van der Waals surface area contributed by atoms with Crippen LogP contribution in [0.15, 0.2) is 35.5 Å². The zero-order valence-electron chi connectivity index (χ0n) is 10.8. The molecule has 0 saturated carbocycles. The van der Waals surface area contributed by atoms with Crippen molar-refractivity contribution in [2.75, 3.05) is 11.1 Å². The molecule has 0 atom stereocenters. The molecule has 0 saturated heterocycles. The maximum Gasteiger partial charge on any atom is 0.249 e. The zero-order valence-corrected chi connectivity index (χ0v) is 11.6. The summed E-state index contributed by atoms with van der Waals surface area (Å²) < 4.78 is 24.1. The number of carbonyl (C=O) groups is 1. The second kappa shape index (κ2) is 5.83. The number of nitrogens with zero attached hydrogens (tertiary/aromatic N) is 2. The minimum atomic E-state index is -3.55. The van der Waals surface area contributed by atoms with Gasteiger partial charge in [-0.05, 0) is 12.0 Å². The van der Waals surface area contributed by atoms with E-state index >= 15 is 0 Å². The van der Waals surface area contributed by atoms with Crippen LogP contribution < -0.4 is 5.32 Å². The first kappa shape index (κ1) is 14.2. The molecule has 0 unspecified atom stereocenters. The zero-order chi connectivity index (χ0) is 14.6. The number of nitrogens with one attached hydrogen (secondary N) is 2. The van der Waals surface area contributed by atoms with Crippen LogP contribution in [0.5, 0.6) is 0 Å². The van der Waals surface area contributed by atoms with Crippen molar-refractivity contribution in [3.8, 4) is 0 Å². The number of carbonyl (C=O) groups excluding carboxylic acids is 1. The lowest BCUT2D eigenvalue weighted by atomic mass is 10.2. The third-order valence-corrected chi connectivity index (χ3v) is 4.06. The number of rotatable bonds is 5. The first-order valence-corrected chi connectivity index (χ1v) is 7.59. The minimum Gasteiger partial charge on any atom is -0.293 e. The van der Waals surface area contributed by atoms with E-state index in [1.165, 1.54) is 6.92 Å². The van der Waals surface area contributed by atoms with Crippen LogP contribution in [0, 0.1) is 0 Å². The van der Waals surface area contributed by atoms with Crippen molar-refractivity contribution in [3.63, 3.8) is 0 Å². The van der Waals surface area contributed by atoms with Gasteiger partial charge in [-0.25, -0.2) is 13.5 Å². The Bertz CT molecular complexity index is 695. The van der Waals surface area contributed by atoms with E-state index in [9.17, 15) is 13.2 Å². The van der Waals surface area contributed by atoms with Crippen LogP contribution in [0.1, 0.15) is 12.5 Å². The van der Waals surface area contributed by atoms with Gasteiger partial charge in [-0.3, -0.25) is 10.1 Å². The Balaban J connectivity index is 2.06. The normalized spacial score (nSPS) is 11.2. The highest BCUT2D eigenvalue weighted by molar-refractivity contribution is 7.91. The largest absolute Gasteiger partial charge is 0.293 e. The van der Waals surface area contributed by atoms with E-state index in [4.69, 9.17) is 0 Å². The molecule has 0 fully saturated rings. The summed E-state index contributed by atoms with van der Waals surface area (Å²) in [6.07, 6.45) is 0.388. The number of hydrogen-bond acceptors (Lipinski definition) is 5. The molecule has 2 N–H and O–H groups in total. The van der Waals surface area contributed by atoms with Gasteiger partial charge < -0.3 is 0 Å². The molecule has 20 heavy (non-hydrogen) atoms. The van der Waals surface area contributed by atoms with Crippen LogP contribution in [0.4, 0.5) is 5.95 Å². The quantitative estimate of drug-likeness (QED) is 0.847. The van der Waals surface area contributed by atoms with Gasteiger partial charge in [0.15, 0.2) is 0 Å². The van der Waals surface area contributed by atoms with Crippen LogP contribution in [-0.2, 0) is 21.1 Å². The Kier molecular flexibility index (Phi) is 4.14. The lowest BCUT2D eigenvalue weighted by Gasteiger charge is -2.01. The van der Waals surface area contributed by atoms with Crippen molar-refractivity contribution < 1.29 is 13.2 Å². The van der Waals surface area contributed by atoms with Crippen LogP contribution in [0.3, 0.4) is 0 Å². The fourth-order valence-corrected chi connectivity index (χ4v) is 2.70. The molecule has 1 aromatic heterocycles. The topological polar surface area (TPSA) is 105 Å². The molecule has 2 rings (SSSR count). The summed E-state index contributed by atoms with van der Waals surface area (Å²) >= 11 is 0. The maximum absolute atomic E-state index is 12.1. The molecular formula is C12H14N4O3S. The van der Waals surface area contributed by atoms with Gasteiger partial charge in [-0.15, -0.1) is 5.10 Å². The molecule has 1 heterocycles. The monoisotopic (exact) mass is 294 g/mol. The van der Waals surface area contributed by atoms with Gasteiger partial charge in [0.05, 0.1) is 5.75 Å². The van der Waals surface area contributed by atoms with Gasteiger partial charge in [-0.2, -0.15) is 4.98 Å². The van der Waals surface area contributed by atoms with Gasteiger partial charge in [0.1, 0.15) is 0 Å². The molecule has 106 valence electrons. The number of amides is 1. The summed E-state index contributed by atoms with van der Waals surface area (Å²) in [5, 5.41) is 8.03. The summed E-state index contributed by atoms with van der Waals surface area (Å²) in [7, 11) is -3.55. The van der Waals surface area contributed by atoms with Gasteiger partial charge in [-0.1, -0.05) is 30.3 Å². The predicted molar refractivity (Wildman–Crippen MR) is 72.9 cm³/mol. The van der Waals surface area contributed by atoms with E-state index in [2.05, 4.69) is 20.5 Å². The summed E-state index contributed by atoms with van der Waals surface area (Å²) in [5.74, 6) is -0.487. The summed E-state index contributed by atoms with van der Waals surface area (Å²) in [6.45, 7) is 1.29. The van der Waals surface area contributed by atoms with Gasteiger partial charge in [0.25, 0.3) is 0 Å². The first-order valence-electron chi connectivity index (χ1n) is 5.94. The van der Waals surface area contributed by atoms with E-state index in [1.54, 1.807) is 0 Å². The fraction of sp³-hybridized carbons (Fsp3) is 0.250. The number of aromatic nitrogens is 3. The molecule has 0 radical (unpaired) electrons. The Morgan fingerprint density at radius 2 is 2.00 bits per heavy atom. The average Bonchev–Trinajstić information content (AvgIpc) is 2.86. The molecule has 0 aliphatic carbocycles. The lowest BCUT2D eigenvalue weighted by Crippen LogP contribution is -2.11. The van der Waals surface area contributed by atoms with Crippen molar-refractivity contribution >= 4 is 21.7 Å². The Labute approximate surface area is 116 Å². The van der Waals surface area contributed by atoms with Crippen LogP contribution >= 0.6 is 0 Å². The smallest absolute Gasteiger partial charge is 0.249 e. The van der Waals surface area contributed by atoms with Gasteiger partial charge in [0, 0.05) is 6.92 Å². The third-order valence-electron chi connectivity index (χ3n) is 2.55. The highest BCUT2D eigenvalue weighted by Gasteiger charge is 2.19. The Morgan fingerprint density at radius 1 is 1.30 bits per heavy atom. The van der Waals surface area contributed by atoms with Crippen molar-refractivity contribution in [2.24, 2.45) is 0 Å². The van der Waals surface area contributed by atoms with Gasteiger partial charge >= 0.3 is 0 Å². The summed E-state index contributed by atoms with van der Waals surface area (Å²) in [6, 6.07) is 9.29. The number of sulfone groups is 1. The highest BCUT2D eigenvalue weighted by atomic mass is 32.2. The van der Waals surface area contributed by atoms with E-state index < -0.39 is 9.84 Å². The molecule has 1 amide bonds. The Hall–Kier alpha value is -2.22. The van der Waals surface area contributed by atoms with E-state index in [-0.39, 0.29) is 22.8 Å². The van der Waals surface area contributed by atoms with E-state index in [0.717, 1.165) is 5.56 Å². The molecule has 0 aliphatic rings. The molecule has 0 bridgehead atoms. The maximum atomic E-state index is 12.1. The number of H-pyrrole nitrogens is 1. The second-order valence-electron chi connectivity index (χ2n) is 4.20. The average molecular weight is 294 g/mol. The number of aromatic amines is 1. The van der Waals surface area contributed by atoms with Crippen LogP contribution in [0.2, 0.25) is 0 Å². The second-order valence-corrected chi connectivity index (χ2v) is 6.22. The van der Waals surface area contributed by atoms with Crippen LogP contribution in [-0.4, -0.2) is 35.3 Å².